The number of nitrogens with one attached hydrogen (secondary N) is 1. The van der Waals surface area contributed by atoms with Crippen LogP contribution in [0.4, 0.5) is 5.82 Å². The SMILES string of the molecule is Cc1cnc(N2CCCC(CNC(C)C)C2)c(Br)c1. The highest BCUT2D eigenvalue weighted by Crippen LogP contribution is 2.28. The van der Waals surface area contributed by atoms with Crippen LogP contribution in [0.25, 0.3) is 0 Å². The van der Waals surface area contributed by atoms with E-state index in [1.165, 1.54) is 18.4 Å². The van der Waals surface area contributed by atoms with Gasteiger partial charge in [-0.25, -0.2) is 4.98 Å². The molecule has 19 heavy (non-hydrogen) atoms. The van der Waals surface area contributed by atoms with Gasteiger partial charge in [0.05, 0.1) is 4.47 Å². The van der Waals surface area contributed by atoms with Crippen LogP contribution in [0.3, 0.4) is 0 Å². The van der Waals surface area contributed by atoms with Crippen LogP contribution in [0, 0.1) is 12.8 Å². The van der Waals surface area contributed by atoms with Gasteiger partial charge in [-0.15, -0.1) is 0 Å². The number of piperidine rings is 1. The van der Waals surface area contributed by atoms with Gasteiger partial charge in [0.25, 0.3) is 0 Å². The van der Waals surface area contributed by atoms with Gasteiger partial charge in [0.2, 0.25) is 0 Å². The molecule has 1 aromatic rings. The summed E-state index contributed by atoms with van der Waals surface area (Å²) in [5.41, 5.74) is 1.20. The third-order valence-electron chi connectivity index (χ3n) is 3.59. The van der Waals surface area contributed by atoms with Crippen LogP contribution in [0.2, 0.25) is 0 Å². The summed E-state index contributed by atoms with van der Waals surface area (Å²) in [6.07, 6.45) is 4.53. The van der Waals surface area contributed by atoms with Crippen LogP contribution in [-0.2, 0) is 0 Å². The molecule has 2 rings (SSSR count). The molecular formula is C15H24BrN3. The Morgan fingerprint density at radius 2 is 2.32 bits per heavy atom. The third kappa shape index (κ3) is 4.18. The fraction of sp³-hybridized carbons (Fsp3) is 0.667. The molecule has 1 aliphatic heterocycles. The van der Waals surface area contributed by atoms with Crippen molar-refractivity contribution >= 4 is 21.7 Å². The van der Waals surface area contributed by atoms with E-state index in [1.807, 2.05) is 6.20 Å². The van der Waals surface area contributed by atoms with Gasteiger partial charge >= 0.3 is 0 Å². The Balaban J connectivity index is 2.00. The number of hydrogen-bond acceptors (Lipinski definition) is 3. The van der Waals surface area contributed by atoms with E-state index in [0.29, 0.717) is 6.04 Å². The van der Waals surface area contributed by atoms with Crippen LogP contribution in [0.1, 0.15) is 32.3 Å². The highest BCUT2D eigenvalue weighted by molar-refractivity contribution is 9.10. The van der Waals surface area contributed by atoms with Crippen LogP contribution in [0.15, 0.2) is 16.7 Å². The fourth-order valence-corrected chi connectivity index (χ4v) is 3.30. The lowest BCUT2D eigenvalue weighted by Gasteiger charge is -2.34. The topological polar surface area (TPSA) is 28.2 Å². The van der Waals surface area contributed by atoms with Crippen molar-refractivity contribution in [1.82, 2.24) is 10.3 Å². The first-order valence-corrected chi connectivity index (χ1v) is 7.96. The molecule has 1 aliphatic rings. The molecule has 1 aromatic heterocycles. The monoisotopic (exact) mass is 325 g/mol. The molecule has 1 saturated heterocycles. The maximum atomic E-state index is 4.59. The first kappa shape index (κ1) is 14.8. The van der Waals surface area contributed by atoms with Gasteiger partial charge in [0.1, 0.15) is 5.82 Å². The molecule has 0 radical (unpaired) electrons. The van der Waals surface area contributed by atoms with E-state index in [-0.39, 0.29) is 0 Å². The summed E-state index contributed by atoms with van der Waals surface area (Å²) in [6, 6.07) is 2.72. The molecule has 1 unspecified atom stereocenters. The predicted molar refractivity (Wildman–Crippen MR) is 84.7 cm³/mol. The minimum atomic E-state index is 0.569. The summed E-state index contributed by atoms with van der Waals surface area (Å²) >= 11 is 3.64. The maximum absolute atomic E-state index is 4.59. The summed E-state index contributed by atoms with van der Waals surface area (Å²) in [5.74, 6) is 1.83. The average Bonchev–Trinajstić information content (AvgIpc) is 2.36. The molecular weight excluding hydrogens is 302 g/mol. The standard InChI is InChI=1S/C15H24BrN3/c1-11(2)17-9-13-5-4-6-19(10-13)15-14(16)7-12(3)8-18-15/h7-8,11,13,17H,4-6,9-10H2,1-3H3. The molecule has 4 heteroatoms. The van der Waals surface area contributed by atoms with E-state index in [0.717, 1.165) is 35.8 Å². The lowest BCUT2D eigenvalue weighted by Crippen LogP contribution is -2.41. The lowest BCUT2D eigenvalue weighted by atomic mass is 9.97. The van der Waals surface area contributed by atoms with Gasteiger partial charge in [-0.2, -0.15) is 0 Å². The first-order valence-electron chi connectivity index (χ1n) is 7.16. The average molecular weight is 326 g/mol. The second kappa shape index (κ2) is 6.71. The molecule has 106 valence electrons. The van der Waals surface area contributed by atoms with Crippen molar-refractivity contribution in [2.24, 2.45) is 5.92 Å². The Morgan fingerprint density at radius 1 is 1.53 bits per heavy atom. The van der Waals surface area contributed by atoms with Crippen molar-refractivity contribution in [3.05, 3.63) is 22.3 Å². The Bertz CT molecular complexity index is 420. The van der Waals surface area contributed by atoms with Gasteiger partial charge in [-0.3, -0.25) is 0 Å². The van der Waals surface area contributed by atoms with Crippen molar-refractivity contribution in [2.45, 2.75) is 39.7 Å². The Morgan fingerprint density at radius 3 is 3.00 bits per heavy atom. The van der Waals surface area contributed by atoms with E-state index in [4.69, 9.17) is 0 Å². The number of hydrogen-bond donors (Lipinski definition) is 1. The quantitative estimate of drug-likeness (QED) is 0.919. The van der Waals surface area contributed by atoms with E-state index < -0.39 is 0 Å². The van der Waals surface area contributed by atoms with Crippen molar-refractivity contribution in [2.75, 3.05) is 24.5 Å². The molecule has 1 N–H and O–H groups in total. The fourth-order valence-electron chi connectivity index (χ4n) is 2.59. The second-order valence-electron chi connectivity index (χ2n) is 5.84. The molecule has 2 heterocycles. The number of anilines is 1. The lowest BCUT2D eigenvalue weighted by molar-refractivity contribution is 0.378. The molecule has 0 spiro atoms. The summed E-state index contributed by atoms with van der Waals surface area (Å²) in [6.45, 7) is 9.82. The van der Waals surface area contributed by atoms with Crippen LogP contribution in [0.5, 0.6) is 0 Å². The molecule has 0 saturated carbocycles. The van der Waals surface area contributed by atoms with Gasteiger partial charge in [-0.05, 0) is 59.8 Å². The molecule has 3 nitrogen and oxygen atoms in total. The summed E-state index contributed by atoms with van der Waals surface area (Å²) in [5, 5.41) is 3.55. The Labute approximate surface area is 124 Å². The van der Waals surface area contributed by atoms with Crippen molar-refractivity contribution in [1.29, 1.82) is 0 Å². The first-order chi connectivity index (χ1) is 9.06. The highest BCUT2D eigenvalue weighted by atomic mass is 79.9. The molecule has 1 fully saturated rings. The largest absolute Gasteiger partial charge is 0.355 e. The highest BCUT2D eigenvalue weighted by Gasteiger charge is 2.22. The Hall–Kier alpha value is -0.610. The van der Waals surface area contributed by atoms with Crippen molar-refractivity contribution in [3.8, 4) is 0 Å². The summed E-state index contributed by atoms with van der Waals surface area (Å²) in [4.78, 5) is 7.01. The zero-order valence-electron chi connectivity index (χ0n) is 12.1. The van der Waals surface area contributed by atoms with Crippen molar-refractivity contribution in [3.63, 3.8) is 0 Å². The molecule has 0 aromatic carbocycles. The Kier molecular flexibility index (Phi) is 5.22. The molecule has 0 aliphatic carbocycles. The van der Waals surface area contributed by atoms with Crippen LogP contribution < -0.4 is 10.2 Å². The normalized spacial score (nSPS) is 20.1. The predicted octanol–water partition coefficient (Wildman–Crippen LogP) is 3.37. The number of halogens is 1. The summed E-state index contributed by atoms with van der Waals surface area (Å²) < 4.78 is 1.12. The third-order valence-corrected chi connectivity index (χ3v) is 4.18. The minimum absolute atomic E-state index is 0.569. The molecule has 0 bridgehead atoms. The van der Waals surface area contributed by atoms with E-state index in [1.54, 1.807) is 0 Å². The molecule has 0 amide bonds. The number of rotatable bonds is 4. The zero-order valence-corrected chi connectivity index (χ0v) is 13.7. The van der Waals surface area contributed by atoms with Crippen LogP contribution >= 0.6 is 15.9 Å². The number of pyridine rings is 1. The summed E-state index contributed by atoms with van der Waals surface area (Å²) in [7, 11) is 0. The van der Waals surface area contributed by atoms with Gasteiger partial charge < -0.3 is 10.2 Å². The van der Waals surface area contributed by atoms with E-state index in [9.17, 15) is 0 Å². The van der Waals surface area contributed by atoms with E-state index >= 15 is 0 Å². The number of nitrogens with zero attached hydrogens (tertiary/aromatic N) is 2. The van der Waals surface area contributed by atoms with Gasteiger partial charge in [-0.1, -0.05) is 13.8 Å². The minimum Gasteiger partial charge on any atom is -0.355 e. The van der Waals surface area contributed by atoms with E-state index in [2.05, 4.69) is 58.0 Å². The van der Waals surface area contributed by atoms with Crippen molar-refractivity contribution < 1.29 is 0 Å². The second-order valence-corrected chi connectivity index (χ2v) is 6.69. The number of aryl methyl sites for hydroxylation is 1. The zero-order chi connectivity index (χ0) is 13.8. The van der Waals surface area contributed by atoms with Gasteiger partial charge in [0.15, 0.2) is 0 Å². The van der Waals surface area contributed by atoms with Gasteiger partial charge in [0, 0.05) is 25.3 Å². The molecule has 1 atom stereocenters. The maximum Gasteiger partial charge on any atom is 0.142 e. The van der Waals surface area contributed by atoms with Crippen LogP contribution in [-0.4, -0.2) is 30.7 Å². The number of aromatic nitrogens is 1. The smallest absolute Gasteiger partial charge is 0.142 e.